The number of benzene rings is 6. The second-order valence-corrected chi connectivity index (χ2v) is 25.4. The molecule has 0 saturated carbocycles. The minimum atomic E-state index is -2.08. The summed E-state index contributed by atoms with van der Waals surface area (Å²) >= 11 is -1.83. The average Bonchev–Trinajstić information content (AvgIpc) is 3.77. The van der Waals surface area contributed by atoms with E-state index in [-0.39, 0.29) is 26.0 Å². The van der Waals surface area contributed by atoms with Crippen LogP contribution < -0.4 is 4.40 Å². The van der Waals surface area contributed by atoms with E-state index < -0.39 is 20.1 Å². The Morgan fingerprint density at radius 2 is 1.48 bits per heavy atom. The van der Waals surface area contributed by atoms with Crippen molar-refractivity contribution in [3.8, 4) is 22.4 Å². The Balaban J connectivity index is 0.000000202. The molecule has 0 fully saturated rings. The summed E-state index contributed by atoms with van der Waals surface area (Å²) in [6.07, 6.45) is 1.95. The number of aliphatic imine (C=N–C) groups is 1. The van der Waals surface area contributed by atoms with Crippen LogP contribution in [-0.4, -0.2) is 24.0 Å². The molecule has 0 N–H and O–H groups in total. The van der Waals surface area contributed by atoms with Gasteiger partial charge in [-0.15, -0.1) is 18.2 Å². The molecule has 0 aliphatic carbocycles. The van der Waals surface area contributed by atoms with Crippen molar-refractivity contribution in [1.82, 2.24) is 4.98 Å². The molecule has 0 amide bonds. The molecule has 0 spiro atoms. The van der Waals surface area contributed by atoms with Crippen molar-refractivity contribution in [3.63, 3.8) is 0 Å². The molecule has 0 saturated heterocycles. The summed E-state index contributed by atoms with van der Waals surface area (Å²) in [5.74, 6) is 7.00. The third kappa shape index (κ3) is 7.31. The molecule has 269 valence electrons. The molecule has 1 unspecified atom stereocenters. The molecule has 1 atom stereocenters. The quantitative estimate of drug-likeness (QED) is 0.127. The van der Waals surface area contributed by atoms with Crippen LogP contribution in [-0.2, 0) is 20.1 Å². The molecule has 5 heteroatoms. The summed E-state index contributed by atoms with van der Waals surface area (Å²) in [6.45, 7) is 2.36. The SMILES string of the molecule is Cc1cc(-c2ccccc2)cc(C)c1C1C(c2[c-]ccc3c2oc2ccccc23)=Nc2ccccc21.[2H]C([2H])([2H])c1c[c-]c(-c2cc[c]([Ge]([CH3])([CH3])[CH3])cn2)cc1.[Ir]. The van der Waals surface area contributed by atoms with Gasteiger partial charge in [0.2, 0.25) is 0 Å². The first-order valence-corrected chi connectivity index (χ1v) is 25.4. The van der Waals surface area contributed by atoms with Crippen LogP contribution >= 0.6 is 0 Å². The zero-order chi connectivity index (χ0) is 39.2. The molecule has 1 aliphatic heterocycles. The predicted octanol–water partition coefficient (Wildman–Crippen LogP) is 12.3. The Kier molecular flexibility index (Phi) is 9.65. The molecular formula is C49H42GeIrN2O-2. The van der Waals surface area contributed by atoms with Crippen LogP contribution in [0.3, 0.4) is 0 Å². The number of fused-ring (bicyclic) bond motifs is 4. The van der Waals surface area contributed by atoms with Crippen molar-refractivity contribution in [1.29, 1.82) is 0 Å². The van der Waals surface area contributed by atoms with E-state index in [4.69, 9.17) is 13.5 Å². The van der Waals surface area contributed by atoms with Crippen LogP contribution in [0.15, 0.2) is 149 Å². The first-order chi connectivity index (χ1) is 26.9. The molecule has 1 radical (unpaired) electrons. The molecule has 3 nitrogen and oxygen atoms in total. The summed E-state index contributed by atoms with van der Waals surface area (Å²) in [4.78, 5) is 9.67. The number of aromatic nitrogens is 1. The first-order valence-electron chi connectivity index (χ1n) is 19.5. The van der Waals surface area contributed by atoms with Gasteiger partial charge in [0.05, 0.1) is 11.3 Å². The fourth-order valence-corrected chi connectivity index (χ4v) is 9.53. The summed E-state index contributed by atoms with van der Waals surface area (Å²) in [5.41, 5.74) is 14.2. The minimum absolute atomic E-state index is 0. The van der Waals surface area contributed by atoms with Gasteiger partial charge in [0.1, 0.15) is 5.58 Å². The summed E-state index contributed by atoms with van der Waals surface area (Å²) in [6, 6.07) is 51.5. The van der Waals surface area contributed by atoms with Gasteiger partial charge in [-0.3, -0.25) is 4.99 Å². The van der Waals surface area contributed by atoms with Crippen molar-refractivity contribution in [2.45, 2.75) is 43.9 Å². The minimum Gasteiger partial charge on any atom is 0 e. The maximum absolute atomic E-state index is 7.35. The average molecular weight is 943 g/mol. The zero-order valence-electron chi connectivity index (χ0n) is 34.0. The number of para-hydroxylation sites is 2. The van der Waals surface area contributed by atoms with Gasteiger partial charge >= 0.3 is 110 Å². The molecule has 2 aromatic heterocycles. The van der Waals surface area contributed by atoms with Crippen LogP contribution in [0.4, 0.5) is 5.69 Å². The molecule has 6 aromatic carbocycles. The molecule has 3 heterocycles. The Hall–Kier alpha value is -4.87. The fraction of sp³-hybridized carbons (Fsp3) is 0.143. The molecule has 54 heavy (non-hydrogen) atoms. The Labute approximate surface area is 339 Å². The van der Waals surface area contributed by atoms with Gasteiger partial charge in [0, 0.05) is 31.4 Å². The summed E-state index contributed by atoms with van der Waals surface area (Å²) in [7, 11) is 0. The van der Waals surface area contributed by atoms with Crippen molar-refractivity contribution in [3.05, 3.63) is 185 Å². The maximum Gasteiger partial charge on any atom is 0 e. The number of pyridine rings is 1. The number of furan rings is 1. The second kappa shape index (κ2) is 15.5. The van der Waals surface area contributed by atoms with Gasteiger partial charge in [-0.1, -0.05) is 89.8 Å². The number of nitrogens with zero attached hydrogens (tertiary/aromatic N) is 2. The van der Waals surface area contributed by atoms with E-state index in [9.17, 15) is 0 Å². The fourth-order valence-electron chi connectivity index (χ4n) is 7.36. The summed E-state index contributed by atoms with van der Waals surface area (Å²) < 4.78 is 29.8. The van der Waals surface area contributed by atoms with Crippen LogP contribution in [0.25, 0.3) is 44.3 Å². The van der Waals surface area contributed by atoms with Gasteiger partial charge in [0.25, 0.3) is 0 Å². The second-order valence-electron chi connectivity index (χ2n) is 14.7. The molecule has 9 rings (SSSR count). The van der Waals surface area contributed by atoms with Gasteiger partial charge in [0.15, 0.2) is 0 Å². The van der Waals surface area contributed by atoms with E-state index in [1.165, 1.54) is 43.8 Å². The Morgan fingerprint density at radius 1 is 0.741 bits per heavy atom. The van der Waals surface area contributed by atoms with Gasteiger partial charge in [-0.25, -0.2) is 0 Å². The van der Waals surface area contributed by atoms with Gasteiger partial charge in [-0.05, 0) is 65.1 Å². The molecule has 8 aromatic rings. The van der Waals surface area contributed by atoms with Crippen LogP contribution in [0, 0.1) is 32.8 Å². The van der Waals surface area contributed by atoms with E-state index in [2.05, 4.69) is 139 Å². The van der Waals surface area contributed by atoms with Gasteiger partial charge in [-0.2, -0.15) is 0 Å². The van der Waals surface area contributed by atoms with Gasteiger partial charge < -0.3 is 4.42 Å². The Morgan fingerprint density at radius 3 is 2.19 bits per heavy atom. The molecule has 0 bridgehead atoms. The predicted molar refractivity (Wildman–Crippen MR) is 225 cm³/mol. The number of hydrogen-bond acceptors (Lipinski definition) is 3. The van der Waals surface area contributed by atoms with Crippen molar-refractivity contribution >= 4 is 51.0 Å². The monoisotopic (exact) mass is 944 g/mol. The summed E-state index contributed by atoms with van der Waals surface area (Å²) in [5, 5.41) is 2.22. The number of rotatable bonds is 5. The smallest absolute Gasteiger partial charge is 0 e. The van der Waals surface area contributed by atoms with E-state index >= 15 is 0 Å². The third-order valence-corrected chi connectivity index (χ3v) is 14.3. The van der Waals surface area contributed by atoms with E-state index in [1.54, 1.807) is 12.1 Å². The standard InChI is InChI=1S/C34H24NO.C15H18GeN.Ir/c1-21-19-24(23-11-4-3-5-12-23)20-22(2)31(21)32-27-14-6-8-17-29(27)35-33(32)28-16-10-15-26-25-13-7-9-18-30(25)36-34(26)28;1-12-5-7-13(8-6-12)15-10-9-14(11-17-15)16(2,3)4;/h3-15,17-20,32H,1-2H3;5-7,9-11H,1-4H3;/q2*-1;/i;1D3;. The number of aryl methyl sites for hydroxylation is 3. The number of hydrogen-bond donors (Lipinski definition) is 0. The van der Waals surface area contributed by atoms with Crippen molar-refractivity contribution in [2.24, 2.45) is 4.99 Å². The van der Waals surface area contributed by atoms with Crippen molar-refractivity contribution < 1.29 is 28.6 Å². The molecular weight excluding hydrogens is 897 g/mol. The van der Waals surface area contributed by atoms with Crippen LogP contribution in [0.2, 0.25) is 17.3 Å². The van der Waals surface area contributed by atoms with E-state index in [0.29, 0.717) is 5.56 Å². The molecule has 1 aliphatic rings. The largest absolute Gasteiger partial charge is 0 e. The normalized spacial score (nSPS) is 14.6. The maximum atomic E-state index is 7.35. The topological polar surface area (TPSA) is 38.4 Å². The zero-order valence-corrected chi connectivity index (χ0v) is 35.5. The third-order valence-electron chi connectivity index (χ3n) is 10.1. The van der Waals surface area contributed by atoms with Crippen LogP contribution in [0.1, 0.15) is 43.4 Å². The first kappa shape index (κ1) is 33.7. The van der Waals surface area contributed by atoms with Crippen molar-refractivity contribution in [2.75, 3.05) is 0 Å². The van der Waals surface area contributed by atoms with E-state index in [0.717, 1.165) is 50.2 Å². The Bertz CT molecular complexity index is 2650. The van der Waals surface area contributed by atoms with E-state index in [1.807, 2.05) is 30.5 Å². The van der Waals surface area contributed by atoms with Crippen LogP contribution in [0.5, 0.6) is 0 Å².